The molecule has 1 aromatic carbocycles. The van der Waals surface area contributed by atoms with E-state index >= 15 is 0 Å². The van der Waals surface area contributed by atoms with E-state index in [0.29, 0.717) is 12.1 Å². The topological polar surface area (TPSA) is 15.3 Å². The lowest BCUT2D eigenvalue weighted by Gasteiger charge is -2.29. The number of nitrogens with one attached hydrogen (secondary N) is 1. The van der Waals surface area contributed by atoms with Gasteiger partial charge in [0.25, 0.3) is 0 Å². The minimum Gasteiger partial charge on any atom is -0.308 e. The lowest BCUT2D eigenvalue weighted by atomic mass is 9.96. The molecular formula is C18H32N2. The second-order valence-electron chi connectivity index (χ2n) is 6.25. The molecule has 114 valence electrons. The number of likely N-dealkylation sites (N-methyl/N-ethyl adjacent to an activating group) is 1. The van der Waals surface area contributed by atoms with Crippen LogP contribution in [0.1, 0.15) is 51.6 Å². The molecule has 1 rings (SSSR count). The number of rotatable bonds is 9. The van der Waals surface area contributed by atoms with Gasteiger partial charge in [-0.2, -0.15) is 0 Å². The minimum absolute atomic E-state index is 0.417. The molecule has 0 amide bonds. The third kappa shape index (κ3) is 6.06. The van der Waals surface area contributed by atoms with Gasteiger partial charge in [-0.1, -0.05) is 57.5 Å². The molecule has 0 saturated heterocycles. The highest BCUT2D eigenvalue weighted by molar-refractivity contribution is 5.19. The first kappa shape index (κ1) is 17.2. The molecule has 0 spiro atoms. The van der Waals surface area contributed by atoms with Crippen molar-refractivity contribution in [3.8, 4) is 0 Å². The van der Waals surface area contributed by atoms with Crippen LogP contribution >= 0.6 is 0 Å². The van der Waals surface area contributed by atoms with Gasteiger partial charge in [-0.05, 0) is 38.4 Å². The zero-order valence-electron chi connectivity index (χ0n) is 13.9. The Kier molecular flexibility index (Phi) is 7.86. The predicted octanol–water partition coefficient (Wildman–Crippen LogP) is 4.09. The largest absolute Gasteiger partial charge is 0.308 e. The Morgan fingerprint density at radius 1 is 1.05 bits per heavy atom. The molecule has 0 aliphatic carbocycles. The quantitative estimate of drug-likeness (QED) is 0.730. The summed E-state index contributed by atoms with van der Waals surface area (Å²) < 4.78 is 0. The van der Waals surface area contributed by atoms with Gasteiger partial charge in [0.2, 0.25) is 0 Å². The van der Waals surface area contributed by atoms with E-state index in [9.17, 15) is 0 Å². The van der Waals surface area contributed by atoms with Crippen molar-refractivity contribution in [1.29, 1.82) is 0 Å². The van der Waals surface area contributed by atoms with Gasteiger partial charge in [0, 0.05) is 18.6 Å². The van der Waals surface area contributed by atoms with Gasteiger partial charge in [-0.15, -0.1) is 0 Å². The summed E-state index contributed by atoms with van der Waals surface area (Å²) in [6, 6.07) is 11.8. The van der Waals surface area contributed by atoms with Crippen molar-refractivity contribution in [3.63, 3.8) is 0 Å². The second-order valence-corrected chi connectivity index (χ2v) is 6.25. The summed E-state index contributed by atoms with van der Waals surface area (Å²) in [5, 5.41) is 3.87. The van der Waals surface area contributed by atoms with E-state index in [0.717, 1.165) is 12.5 Å². The van der Waals surface area contributed by atoms with E-state index in [-0.39, 0.29) is 0 Å². The van der Waals surface area contributed by atoms with Gasteiger partial charge in [0.1, 0.15) is 0 Å². The minimum atomic E-state index is 0.417. The van der Waals surface area contributed by atoms with Crippen molar-refractivity contribution in [3.05, 3.63) is 35.9 Å². The first-order valence-corrected chi connectivity index (χ1v) is 8.02. The smallest absolute Gasteiger partial charge is 0.0451 e. The monoisotopic (exact) mass is 276 g/mol. The van der Waals surface area contributed by atoms with E-state index in [2.05, 4.69) is 75.4 Å². The highest BCUT2D eigenvalue weighted by Gasteiger charge is 2.18. The lowest BCUT2D eigenvalue weighted by Crippen LogP contribution is -2.38. The molecule has 0 bridgehead atoms. The summed E-state index contributed by atoms with van der Waals surface area (Å²) in [6.07, 6.45) is 3.73. The second kappa shape index (κ2) is 9.15. The maximum atomic E-state index is 3.87. The fraction of sp³-hybridized carbons (Fsp3) is 0.667. The van der Waals surface area contributed by atoms with Crippen LogP contribution in [0.2, 0.25) is 0 Å². The van der Waals surface area contributed by atoms with Crippen molar-refractivity contribution < 1.29 is 0 Å². The maximum absolute atomic E-state index is 3.87. The zero-order valence-corrected chi connectivity index (χ0v) is 13.9. The molecule has 1 N–H and O–H groups in total. The zero-order chi connectivity index (χ0) is 15.0. The van der Waals surface area contributed by atoms with Crippen molar-refractivity contribution in [1.82, 2.24) is 10.2 Å². The molecule has 0 radical (unpaired) electrons. The van der Waals surface area contributed by atoms with Crippen molar-refractivity contribution in [2.24, 2.45) is 5.92 Å². The van der Waals surface area contributed by atoms with E-state index in [4.69, 9.17) is 0 Å². The van der Waals surface area contributed by atoms with Gasteiger partial charge >= 0.3 is 0 Å². The molecule has 0 saturated carbocycles. The molecule has 1 aromatic rings. The van der Waals surface area contributed by atoms with Crippen LogP contribution < -0.4 is 5.32 Å². The molecule has 3 unspecified atom stereocenters. The van der Waals surface area contributed by atoms with Crippen LogP contribution in [0.4, 0.5) is 0 Å². The standard InChI is InChI=1S/C18H32N2/c1-6-15(3)13-17(7-2)19-18(14-20(4)5)16-11-9-8-10-12-16/h8-12,15,17-19H,6-7,13-14H2,1-5H3. The van der Waals surface area contributed by atoms with E-state index < -0.39 is 0 Å². The summed E-state index contributed by atoms with van der Waals surface area (Å²) in [5.41, 5.74) is 1.39. The third-order valence-electron chi connectivity index (χ3n) is 4.06. The molecule has 0 aliphatic heterocycles. The normalized spacial score (nSPS) is 16.1. The Morgan fingerprint density at radius 3 is 2.20 bits per heavy atom. The summed E-state index contributed by atoms with van der Waals surface area (Å²) in [5.74, 6) is 0.795. The Morgan fingerprint density at radius 2 is 1.70 bits per heavy atom. The van der Waals surface area contributed by atoms with Crippen molar-refractivity contribution in [2.75, 3.05) is 20.6 Å². The summed E-state index contributed by atoms with van der Waals surface area (Å²) in [6.45, 7) is 7.97. The number of hydrogen-bond donors (Lipinski definition) is 1. The molecule has 3 atom stereocenters. The van der Waals surface area contributed by atoms with Crippen LogP contribution in [0.25, 0.3) is 0 Å². The van der Waals surface area contributed by atoms with Gasteiger partial charge < -0.3 is 10.2 Å². The SMILES string of the molecule is CCC(C)CC(CC)NC(CN(C)C)c1ccccc1. The number of nitrogens with zero attached hydrogens (tertiary/aromatic N) is 1. The maximum Gasteiger partial charge on any atom is 0.0451 e. The molecule has 0 fully saturated rings. The Balaban J connectivity index is 2.73. The average molecular weight is 276 g/mol. The van der Waals surface area contributed by atoms with Gasteiger partial charge in [0.15, 0.2) is 0 Å². The number of benzene rings is 1. The van der Waals surface area contributed by atoms with E-state index in [1.54, 1.807) is 0 Å². The van der Waals surface area contributed by atoms with E-state index in [1.165, 1.54) is 24.8 Å². The fourth-order valence-electron chi connectivity index (χ4n) is 2.59. The van der Waals surface area contributed by atoms with E-state index in [1.807, 2.05) is 0 Å². The summed E-state index contributed by atoms with van der Waals surface area (Å²) >= 11 is 0. The highest BCUT2D eigenvalue weighted by Crippen LogP contribution is 2.19. The van der Waals surface area contributed by atoms with Gasteiger partial charge in [0.05, 0.1) is 0 Å². The van der Waals surface area contributed by atoms with Crippen LogP contribution in [-0.2, 0) is 0 Å². The lowest BCUT2D eigenvalue weighted by molar-refractivity contribution is 0.293. The first-order chi connectivity index (χ1) is 9.56. The molecule has 2 nitrogen and oxygen atoms in total. The molecular weight excluding hydrogens is 244 g/mol. The van der Waals surface area contributed by atoms with Crippen LogP contribution in [0.15, 0.2) is 30.3 Å². The number of hydrogen-bond acceptors (Lipinski definition) is 2. The van der Waals surface area contributed by atoms with Crippen LogP contribution in [0, 0.1) is 5.92 Å². The molecule has 0 aromatic heterocycles. The Labute approximate surface area is 125 Å². The molecule has 2 heteroatoms. The third-order valence-corrected chi connectivity index (χ3v) is 4.06. The molecule has 20 heavy (non-hydrogen) atoms. The van der Waals surface area contributed by atoms with Gasteiger partial charge in [-0.3, -0.25) is 0 Å². The average Bonchev–Trinajstić information content (AvgIpc) is 2.45. The van der Waals surface area contributed by atoms with Crippen molar-refractivity contribution in [2.45, 2.75) is 52.1 Å². The first-order valence-electron chi connectivity index (χ1n) is 8.02. The highest BCUT2D eigenvalue weighted by atomic mass is 15.1. The van der Waals surface area contributed by atoms with Crippen LogP contribution in [0.5, 0.6) is 0 Å². The van der Waals surface area contributed by atoms with Gasteiger partial charge in [-0.25, -0.2) is 0 Å². The molecule has 0 heterocycles. The summed E-state index contributed by atoms with van der Waals surface area (Å²) in [4.78, 5) is 2.26. The predicted molar refractivity (Wildman–Crippen MR) is 89.0 cm³/mol. The van der Waals surface area contributed by atoms with Crippen LogP contribution in [-0.4, -0.2) is 31.6 Å². The summed E-state index contributed by atoms with van der Waals surface area (Å²) in [7, 11) is 4.29. The molecule has 0 aliphatic rings. The Bertz CT molecular complexity index is 348. The fourth-order valence-corrected chi connectivity index (χ4v) is 2.59. The van der Waals surface area contributed by atoms with Crippen LogP contribution in [0.3, 0.4) is 0 Å². The Hall–Kier alpha value is -0.860. The van der Waals surface area contributed by atoms with Crippen molar-refractivity contribution >= 4 is 0 Å².